The number of benzene rings is 1. The summed E-state index contributed by atoms with van der Waals surface area (Å²) in [5.41, 5.74) is 1.08. The SMILES string of the molecule is C[C@@H](NC(=O)C[NH+]1CC[NH+](Cc2cccs2)CC1)c1ccc(Cl)cc1. The van der Waals surface area contributed by atoms with Crippen LogP contribution in [0.2, 0.25) is 5.02 Å². The number of hydrogen-bond donors (Lipinski definition) is 3. The molecule has 134 valence electrons. The number of thiophene rings is 1. The second-order valence-electron chi connectivity index (χ2n) is 6.77. The molecular formula is C19H26ClN3OS+2. The standard InChI is InChI=1S/C19H24ClN3OS/c1-15(16-4-6-17(20)7-5-16)21-19(24)14-23-10-8-22(9-11-23)13-18-3-2-12-25-18/h2-7,12,15H,8-11,13-14H2,1H3,(H,21,24)/p+2/t15-/m1/s1. The molecule has 2 heterocycles. The molecule has 1 aliphatic rings. The summed E-state index contributed by atoms with van der Waals surface area (Å²) >= 11 is 7.75. The third-order valence-electron chi connectivity index (χ3n) is 4.83. The van der Waals surface area contributed by atoms with Crippen LogP contribution in [-0.2, 0) is 11.3 Å². The van der Waals surface area contributed by atoms with E-state index in [0.717, 1.165) is 43.3 Å². The second-order valence-corrected chi connectivity index (χ2v) is 8.24. The number of amides is 1. The van der Waals surface area contributed by atoms with Crippen LogP contribution in [0.25, 0.3) is 0 Å². The molecule has 0 aliphatic carbocycles. The molecule has 0 saturated carbocycles. The average molecular weight is 380 g/mol. The molecule has 0 bridgehead atoms. The van der Waals surface area contributed by atoms with Crippen LogP contribution in [0.1, 0.15) is 23.4 Å². The van der Waals surface area contributed by atoms with Gasteiger partial charge in [0.2, 0.25) is 0 Å². The van der Waals surface area contributed by atoms with E-state index >= 15 is 0 Å². The molecule has 0 unspecified atom stereocenters. The summed E-state index contributed by atoms with van der Waals surface area (Å²) in [5.74, 6) is 0.124. The Kier molecular flexibility index (Phi) is 6.48. The Labute approximate surface area is 158 Å². The van der Waals surface area contributed by atoms with Crippen molar-refractivity contribution in [2.45, 2.75) is 19.5 Å². The summed E-state index contributed by atoms with van der Waals surface area (Å²) in [7, 11) is 0. The highest BCUT2D eigenvalue weighted by atomic mass is 35.5. The molecule has 4 nitrogen and oxygen atoms in total. The Bertz CT molecular complexity index is 666. The van der Waals surface area contributed by atoms with Crippen molar-refractivity contribution in [1.82, 2.24) is 5.32 Å². The zero-order valence-corrected chi connectivity index (χ0v) is 16.1. The van der Waals surface area contributed by atoms with E-state index in [4.69, 9.17) is 11.6 Å². The minimum Gasteiger partial charge on any atom is -0.345 e. The van der Waals surface area contributed by atoms with E-state index in [0.29, 0.717) is 6.54 Å². The van der Waals surface area contributed by atoms with Crippen molar-refractivity contribution >= 4 is 28.8 Å². The van der Waals surface area contributed by atoms with Gasteiger partial charge in [-0.1, -0.05) is 29.8 Å². The zero-order valence-electron chi connectivity index (χ0n) is 14.6. The van der Waals surface area contributed by atoms with Crippen LogP contribution >= 0.6 is 22.9 Å². The monoisotopic (exact) mass is 379 g/mol. The van der Waals surface area contributed by atoms with Crippen molar-refractivity contribution in [3.05, 3.63) is 57.2 Å². The molecule has 1 amide bonds. The summed E-state index contributed by atoms with van der Waals surface area (Å²) in [6, 6.07) is 12.0. The van der Waals surface area contributed by atoms with Crippen LogP contribution in [0, 0.1) is 0 Å². The summed E-state index contributed by atoms with van der Waals surface area (Å²) in [5, 5.41) is 5.96. The topological polar surface area (TPSA) is 38.0 Å². The van der Waals surface area contributed by atoms with Gasteiger partial charge in [-0.25, -0.2) is 0 Å². The Hall–Kier alpha value is -1.40. The molecule has 1 aromatic carbocycles. The van der Waals surface area contributed by atoms with E-state index in [-0.39, 0.29) is 11.9 Å². The quantitative estimate of drug-likeness (QED) is 0.674. The van der Waals surface area contributed by atoms with Crippen molar-refractivity contribution in [3.63, 3.8) is 0 Å². The highest BCUT2D eigenvalue weighted by molar-refractivity contribution is 7.09. The van der Waals surface area contributed by atoms with Gasteiger partial charge in [0, 0.05) is 5.02 Å². The molecule has 1 atom stereocenters. The first-order chi connectivity index (χ1) is 12.1. The van der Waals surface area contributed by atoms with Crippen molar-refractivity contribution < 1.29 is 14.6 Å². The summed E-state index contributed by atoms with van der Waals surface area (Å²) in [6.07, 6.45) is 0. The molecule has 0 radical (unpaired) electrons. The molecule has 6 heteroatoms. The fourth-order valence-corrected chi connectivity index (χ4v) is 4.23. The van der Waals surface area contributed by atoms with Crippen LogP contribution in [-0.4, -0.2) is 38.6 Å². The summed E-state index contributed by atoms with van der Waals surface area (Å²) in [4.78, 5) is 16.8. The largest absolute Gasteiger partial charge is 0.345 e. The zero-order chi connectivity index (χ0) is 17.6. The molecule has 2 aromatic rings. The average Bonchev–Trinajstić information content (AvgIpc) is 3.10. The second kappa shape index (κ2) is 8.81. The number of piperazine rings is 1. The van der Waals surface area contributed by atoms with Crippen molar-refractivity contribution in [2.75, 3.05) is 32.7 Å². The lowest BCUT2D eigenvalue weighted by molar-refractivity contribution is -1.01. The van der Waals surface area contributed by atoms with Crippen molar-refractivity contribution in [1.29, 1.82) is 0 Å². The third-order valence-corrected chi connectivity index (χ3v) is 5.95. The van der Waals surface area contributed by atoms with E-state index in [2.05, 4.69) is 22.8 Å². The van der Waals surface area contributed by atoms with Gasteiger partial charge in [-0.05, 0) is 36.1 Å². The molecule has 1 aliphatic heterocycles. The molecule has 1 fully saturated rings. The Balaban J connectivity index is 1.40. The first-order valence-corrected chi connectivity index (χ1v) is 10.1. The summed E-state index contributed by atoms with van der Waals surface area (Å²) in [6.45, 7) is 8.07. The summed E-state index contributed by atoms with van der Waals surface area (Å²) < 4.78 is 0. The van der Waals surface area contributed by atoms with Crippen molar-refractivity contribution in [3.8, 4) is 0 Å². The first-order valence-electron chi connectivity index (χ1n) is 8.84. The van der Waals surface area contributed by atoms with Gasteiger partial charge >= 0.3 is 0 Å². The fourth-order valence-electron chi connectivity index (χ4n) is 3.32. The molecule has 0 spiro atoms. The highest BCUT2D eigenvalue weighted by Gasteiger charge is 2.25. The maximum Gasteiger partial charge on any atom is 0.275 e. The van der Waals surface area contributed by atoms with Gasteiger partial charge in [-0.15, -0.1) is 11.3 Å². The van der Waals surface area contributed by atoms with Crippen LogP contribution in [0.5, 0.6) is 0 Å². The smallest absolute Gasteiger partial charge is 0.275 e. The van der Waals surface area contributed by atoms with Gasteiger partial charge in [0.1, 0.15) is 32.7 Å². The van der Waals surface area contributed by atoms with Gasteiger partial charge in [0.25, 0.3) is 5.91 Å². The predicted molar refractivity (Wildman–Crippen MR) is 102 cm³/mol. The van der Waals surface area contributed by atoms with Crippen LogP contribution in [0.4, 0.5) is 0 Å². The molecule has 3 N–H and O–H groups in total. The van der Waals surface area contributed by atoms with Crippen LogP contribution < -0.4 is 15.1 Å². The number of hydrogen-bond acceptors (Lipinski definition) is 2. The molecule has 25 heavy (non-hydrogen) atoms. The number of halogens is 1. The fraction of sp³-hybridized carbons (Fsp3) is 0.421. The van der Waals surface area contributed by atoms with E-state index in [9.17, 15) is 4.79 Å². The van der Waals surface area contributed by atoms with E-state index in [1.54, 1.807) is 4.90 Å². The van der Waals surface area contributed by atoms with E-state index in [1.165, 1.54) is 9.78 Å². The van der Waals surface area contributed by atoms with E-state index < -0.39 is 0 Å². The highest BCUT2D eigenvalue weighted by Crippen LogP contribution is 2.15. The third kappa shape index (κ3) is 5.54. The van der Waals surface area contributed by atoms with Gasteiger partial charge in [0.05, 0.1) is 10.9 Å². The van der Waals surface area contributed by atoms with Gasteiger partial charge in [0.15, 0.2) is 6.54 Å². The molecule has 3 rings (SSSR count). The van der Waals surface area contributed by atoms with E-state index in [1.807, 2.05) is 42.5 Å². The van der Waals surface area contributed by atoms with Gasteiger partial charge < -0.3 is 15.1 Å². The minimum atomic E-state index is 0.00918. The lowest BCUT2D eigenvalue weighted by atomic mass is 10.1. The Morgan fingerprint density at radius 2 is 1.84 bits per heavy atom. The molecular weight excluding hydrogens is 354 g/mol. The lowest BCUT2D eigenvalue weighted by Gasteiger charge is -2.29. The predicted octanol–water partition coefficient (Wildman–Crippen LogP) is 0.562. The molecule has 1 saturated heterocycles. The maximum atomic E-state index is 12.3. The van der Waals surface area contributed by atoms with Crippen LogP contribution in [0.15, 0.2) is 41.8 Å². The van der Waals surface area contributed by atoms with Crippen LogP contribution in [0.3, 0.4) is 0 Å². The molecule has 1 aromatic heterocycles. The number of carbonyl (C=O) groups is 1. The number of carbonyl (C=O) groups excluding carboxylic acids is 1. The van der Waals surface area contributed by atoms with Crippen molar-refractivity contribution in [2.24, 2.45) is 0 Å². The maximum absolute atomic E-state index is 12.3. The normalized spacial score (nSPS) is 21.7. The first kappa shape index (κ1) is 18.4. The lowest BCUT2D eigenvalue weighted by Crippen LogP contribution is -3.28. The number of nitrogens with one attached hydrogen (secondary N) is 3. The minimum absolute atomic E-state index is 0.00918. The Morgan fingerprint density at radius 3 is 2.48 bits per heavy atom. The van der Waals surface area contributed by atoms with Gasteiger partial charge in [-0.3, -0.25) is 4.79 Å². The number of quaternary nitrogens is 2. The Morgan fingerprint density at radius 1 is 1.16 bits per heavy atom. The van der Waals surface area contributed by atoms with Gasteiger partial charge in [-0.2, -0.15) is 0 Å². The number of rotatable bonds is 6.